The van der Waals surface area contributed by atoms with Crippen LogP contribution < -0.4 is 5.32 Å². The van der Waals surface area contributed by atoms with Gasteiger partial charge in [0.2, 0.25) is 0 Å². The maximum absolute atomic E-state index is 12.4. The zero-order valence-electron chi connectivity index (χ0n) is 13.8. The van der Waals surface area contributed by atoms with Crippen LogP contribution in [0, 0.1) is 27.2 Å². The van der Waals surface area contributed by atoms with Gasteiger partial charge in [-0.05, 0) is 24.6 Å². The molecule has 0 aliphatic rings. The highest BCUT2D eigenvalue weighted by Gasteiger charge is 2.25. The fourth-order valence-electron chi connectivity index (χ4n) is 2.36. The lowest BCUT2D eigenvalue weighted by Crippen LogP contribution is -2.14. The predicted octanol–water partition coefficient (Wildman–Crippen LogP) is 2.40. The molecule has 0 bridgehead atoms. The topological polar surface area (TPSA) is 173 Å². The average molecular weight is 375 g/mol. The molecular weight excluding hydrogens is 362 g/mol. The van der Waals surface area contributed by atoms with Crippen molar-refractivity contribution in [2.24, 2.45) is 0 Å². The van der Waals surface area contributed by atoms with Crippen molar-refractivity contribution in [2.45, 2.75) is 13.3 Å². The predicted molar refractivity (Wildman–Crippen MR) is 91.9 cm³/mol. The van der Waals surface area contributed by atoms with E-state index in [4.69, 9.17) is 5.11 Å². The first-order valence-corrected chi connectivity index (χ1v) is 7.38. The Morgan fingerprint density at radius 2 is 1.63 bits per heavy atom. The van der Waals surface area contributed by atoms with Crippen molar-refractivity contribution >= 4 is 28.9 Å². The molecule has 0 aromatic heterocycles. The van der Waals surface area contributed by atoms with E-state index in [1.54, 1.807) is 0 Å². The molecule has 2 aromatic carbocycles. The summed E-state index contributed by atoms with van der Waals surface area (Å²) in [6.45, 7) is 1.19. The average Bonchev–Trinajstić information content (AvgIpc) is 2.56. The second-order valence-corrected chi connectivity index (χ2v) is 5.53. The third kappa shape index (κ3) is 4.34. The molecule has 0 unspecified atom stereocenters. The van der Waals surface area contributed by atoms with E-state index in [0.717, 1.165) is 12.1 Å². The molecular formula is C16H13N3O8. The monoisotopic (exact) mass is 375 g/mol. The van der Waals surface area contributed by atoms with E-state index < -0.39 is 33.1 Å². The highest BCUT2D eigenvalue weighted by atomic mass is 16.6. The lowest BCUT2D eigenvalue weighted by molar-refractivity contribution is -0.395. The van der Waals surface area contributed by atoms with Crippen LogP contribution in [0.3, 0.4) is 0 Å². The van der Waals surface area contributed by atoms with Crippen molar-refractivity contribution in [3.8, 4) is 5.75 Å². The van der Waals surface area contributed by atoms with Crippen LogP contribution in [0.1, 0.15) is 21.5 Å². The number of aromatic hydroxyl groups is 1. The van der Waals surface area contributed by atoms with Crippen molar-refractivity contribution < 1.29 is 29.6 Å². The molecule has 0 heterocycles. The van der Waals surface area contributed by atoms with Crippen LogP contribution in [0.2, 0.25) is 0 Å². The summed E-state index contributed by atoms with van der Waals surface area (Å²) in [4.78, 5) is 43.6. The highest BCUT2D eigenvalue weighted by molar-refractivity contribution is 6.06. The number of carboxylic acid groups (broad SMARTS) is 1. The summed E-state index contributed by atoms with van der Waals surface area (Å²) in [6, 6.07) is 5.51. The molecule has 2 aromatic rings. The van der Waals surface area contributed by atoms with E-state index >= 15 is 0 Å². The Balaban J connectivity index is 2.43. The first kappa shape index (κ1) is 19.3. The van der Waals surface area contributed by atoms with Crippen molar-refractivity contribution in [3.05, 3.63) is 67.3 Å². The second-order valence-electron chi connectivity index (χ2n) is 5.53. The standard InChI is InChI=1S/C16H13N3O8/c1-8-12(18(24)25)6-10(7-13(8)19(26)27)16(23)17-11-4-9(5-15(21)22)2-3-14(11)20/h2-4,6-7,20H,5H2,1H3,(H,17,23)(H,21,22). The second kappa shape index (κ2) is 7.47. The number of nitrogens with zero attached hydrogens (tertiary/aromatic N) is 2. The SMILES string of the molecule is Cc1c([N+](=O)[O-])cc(C(=O)Nc2cc(CC(=O)O)ccc2O)cc1[N+](=O)[O-]. The number of nitro benzene ring substituents is 2. The van der Waals surface area contributed by atoms with E-state index in [1.165, 1.54) is 25.1 Å². The number of hydrogen-bond donors (Lipinski definition) is 3. The maximum atomic E-state index is 12.4. The van der Waals surface area contributed by atoms with E-state index in [9.17, 15) is 34.9 Å². The van der Waals surface area contributed by atoms with Crippen LogP contribution in [0.15, 0.2) is 30.3 Å². The molecule has 2 rings (SSSR count). The molecule has 1 amide bonds. The van der Waals surface area contributed by atoms with Crippen molar-refractivity contribution in [1.29, 1.82) is 0 Å². The minimum absolute atomic E-state index is 0.135. The Morgan fingerprint density at radius 3 is 2.11 bits per heavy atom. The molecule has 3 N–H and O–H groups in total. The normalized spacial score (nSPS) is 10.3. The number of anilines is 1. The van der Waals surface area contributed by atoms with E-state index in [-0.39, 0.29) is 34.5 Å². The number of amides is 1. The molecule has 0 atom stereocenters. The molecule has 0 aliphatic carbocycles. The van der Waals surface area contributed by atoms with Crippen molar-refractivity contribution in [1.82, 2.24) is 0 Å². The van der Waals surface area contributed by atoms with Gasteiger partial charge in [0.1, 0.15) is 11.3 Å². The number of carboxylic acids is 1. The van der Waals surface area contributed by atoms with Gasteiger partial charge in [0.15, 0.2) is 0 Å². The number of nitrogens with one attached hydrogen (secondary N) is 1. The fourth-order valence-corrected chi connectivity index (χ4v) is 2.36. The smallest absolute Gasteiger partial charge is 0.307 e. The van der Waals surface area contributed by atoms with Gasteiger partial charge in [0.25, 0.3) is 17.3 Å². The summed E-state index contributed by atoms with van der Waals surface area (Å²) in [5, 5.41) is 43.1. The number of benzene rings is 2. The van der Waals surface area contributed by atoms with Crippen LogP contribution in [-0.4, -0.2) is 31.9 Å². The number of phenols is 1. The van der Waals surface area contributed by atoms with Gasteiger partial charge in [-0.15, -0.1) is 0 Å². The fraction of sp³-hybridized carbons (Fsp3) is 0.125. The Bertz CT molecular complexity index is 935. The number of nitro groups is 2. The third-order valence-corrected chi connectivity index (χ3v) is 3.67. The Morgan fingerprint density at radius 1 is 1.07 bits per heavy atom. The quantitative estimate of drug-likeness (QED) is 0.392. The van der Waals surface area contributed by atoms with Crippen LogP contribution >= 0.6 is 0 Å². The summed E-state index contributed by atoms with van der Waals surface area (Å²) >= 11 is 0. The lowest BCUT2D eigenvalue weighted by atomic mass is 10.1. The molecule has 0 aliphatic heterocycles. The zero-order chi connectivity index (χ0) is 20.3. The molecule has 0 radical (unpaired) electrons. The van der Waals surface area contributed by atoms with E-state index in [2.05, 4.69) is 5.32 Å². The first-order chi connectivity index (χ1) is 12.6. The van der Waals surface area contributed by atoms with Gasteiger partial charge < -0.3 is 15.5 Å². The molecule has 0 saturated heterocycles. The Hall–Kier alpha value is -4.02. The van der Waals surface area contributed by atoms with E-state index in [1.807, 2.05) is 0 Å². The van der Waals surface area contributed by atoms with Gasteiger partial charge in [0.05, 0.1) is 27.5 Å². The Labute approximate surface area is 151 Å². The van der Waals surface area contributed by atoms with Gasteiger partial charge in [-0.1, -0.05) is 6.07 Å². The zero-order valence-corrected chi connectivity index (χ0v) is 13.8. The highest BCUT2D eigenvalue weighted by Crippen LogP contribution is 2.31. The third-order valence-electron chi connectivity index (χ3n) is 3.67. The minimum Gasteiger partial charge on any atom is -0.506 e. The largest absolute Gasteiger partial charge is 0.506 e. The maximum Gasteiger partial charge on any atom is 0.307 e. The molecule has 0 spiro atoms. The first-order valence-electron chi connectivity index (χ1n) is 7.38. The lowest BCUT2D eigenvalue weighted by Gasteiger charge is -2.10. The molecule has 11 nitrogen and oxygen atoms in total. The summed E-state index contributed by atoms with van der Waals surface area (Å²) in [5.74, 6) is -2.43. The minimum atomic E-state index is -1.12. The van der Waals surface area contributed by atoms with Gasteiger partial charge in [-0.2, -0.15) is 0 Å². The van der Waals surface area contributed by atoms with Crippen LogP contribution in [0.5, 0.6) is 5.75 Å². The number of aliphatic carboxylic acids is 1. The van der Waals surface area contributed by atoms with Crippen LogP contribution in [0.25, 0.3) is 0 Å². The van der Waals surface area contributed by atoms with Gasteiger partial charge in [-0.3, -0.25) is 29.8 Å². The van der Waals surface area contributed by atoms with Gasteiger partial charge >= 0.3 is 5.97 Å². The summed E-state index contributed by atoms with van der Waals surface area (Å²) in [6.07, 6.45) is -0.357. The van der Waals surface area contributed by atoms with Crippen LogP contribution in [-0.2, 0) is 11.2 Å². The summed E-state index contributed by atoms with van der Waals surface area (Å²) in [7, 11) is 0. The Kier molecular flexibility index (Phi) is 5.34. The molecule has 0 fully saturated rings. The molecule has 0 saturated carbocycles. The van der Waals surface area contributed by atoms with Gasteiger partial charge in [0, 0.05) is 12.1 Å². The van der Waals surface area contributed by atoms with Crippen molar-refractivity contribution in [3.63, 3.8) is 0 Å². The number of rotatable bonds is 6. The molecule has 140 valence electrons. The molecule has 27 heavy (non-hydrogen) atoms. The summed E-state index contributed by atoms with van der Waals surface area (Å²) < 4.78 is 0. The number of phenolic OH excluding ortho intramolecular Hbond substituents is 1. The van der Waals surface area contributed by atoms with Crippen molar-refractivity contribution in [2.75, 3.05) is 5.32 Å². The van der Waals surface area contributed by atoms with Crippen LogP contribution in [0.4, 0.5) is 17.1 Å². The molecule has 11 heteroatoms. The number of carbonyl (C=O) groups excluding carboxylic acids is 1. The number of carbonyl (C=O) groups is 2. The van der Waals surface area contributed by atoms with Gasteiger partial charge in [-0.25, -0.2) is 0 Å². The number of hydrogen-bond acceptors (Lipinski definition) is 7. The summed E-state index contributed by atoms with van der Waals surface area (Å²) in [5.41, 5.74) is -1.60. The van der Waals surface area contributed by atoms with E-state index in [0.29, 0.717) is 0 Å².